The predicted octanol–water partition coefficient (Wildman–Crippen LogP) is 1.61. The summed E-state index contributed by atoms with van der Waals surface area (Å²) in [5, 5.41) is 8.90. The Labute approximate surface area is 123 Å². The van der Waals surface area contributed by atoms with Crippen LogP contribution in [0.3, 0.4) is 0 Å². The van der Waals surface area contributed by atoms with Crippen molar-refractivity contribution < 1.29 is 13.5 Å². The lowest BCUT2D eigenvalue weighted by atomic mass is 10.0. The van der Waals surface area contributed by atoms with Gasteiger partial charge >= 0.3 is 0 Å². The average Bonchev–Trinajstić information content (AvgIpc) is 2.84. The van der Waals surface area contributed by atoms with Crippen molar-refractivity contribution in [2.75, 3.05) is 6.61 Å². The normalized spacial score (nSPS) is 38.1. The molecule has 4 nitrogen and oxygen atoms in total. The van der Waals surface area contributed by atoms with Gasteiger partial charge in [0, 0.05) is 23.9 Å². The highest BCUT2D eigenvalue weighted by Gasteiger charge is 2.65. The zero-order chi connectivity index (χ0) is 13.9. The van der Waals surface area contributed by atoms with Gasteiger partial charge in [-0.15, -0.1) is 11.3 Å². The molecule has 1 aromatic heterocycles. The predicted molar refractivity (Wildman–Crippen MR) is 77.0 cm³/mol. The number of nitrogens with one attached hydrogen (secondary N) is 1. The summed E-state index contributed by atoms with van der Waals surface area (Å²) < 4.78 is 28.1. The third-order valence-electron chi connectivity index (χ3n) is 5.29. The van der Waals surface area contributed by atoms with Gasteiger partial charge in [-0.3, -0.25) is 0 Å². The first-order valence-electron chi connectivity index (χ1n) is 7.32. The molecule has 20 heavy (non-hydrogen) atoms. The maximum absolute atomic E-state index is 12.4. The second-order valence-corrected chi connectivity index (χ2v) is 9.44. The lowest BCUT2D eigenvalue weighted by Crippen LogP contribution is -2.29. The van der Waals surface area contributed by atoms with Crippen molar-refractivity contribution in [1.82, 2.24) is 4.72 Å². The summed E-state index contributed by atoms with van der Waals surface area (Å²) in [4.78, 5) is 0.920. The summed E-state index contributed by atoms with van der Waals surface area (Å²) in [6, 6.07) is 3.65. The van der Waals surface area contributed by atoms with E-state index in [0.29, 0.717) is 22.5 Å². The Bertz CT molecular complexity index is 608. The zero-order valence-electron chi connectivity index (χ0n) is 11.2. The van der Waals surface area contributed by atoms with Gasteiger partial charge in [0.1, 0.15) is 4.21 Å². The van der Waals surface area contributed by atoms with Gasteiger partial charge in [-0.05, 0) is 55.1 Å². The van der Waals surface area contributed by atoms with E-state index in [4.69, 9.17) is 5.11 Å². The van der Waals surface area contributed by atoms with E-state index in [0.717, 1.165) is 16.7 Å². The first-order chi connectivity index (χ1) is 9.60. The van der Waals surface area contributed by atoms with Gasteiger partial charge in [0.15, 0.2) is 0 Å². The molecule has 1 heterocycles. The van der Waals surface area contributed by atoms with E-state index in [1.165, 1.54) is 30.6 Å². The highest BCUT2D eigenvalue weighted by atomic mass is 32.2. The highest BCUT2D eigenvalue weighted by Crippen LogP contribution is 2.65. The quantitative estimate of drug-likeness (QED) is 0.868. The molecular formula is C14H19NO3S2. The Morgan fingerprint density at radius 1 is 1.25 bits per heavy atom. The maximum Gasteiger partial charge on any atom is 0.250 e. The van der Waals surface area contributed by atoms with Crippen molar-refractivity contribution in [3.63, 3.8) is 0 Å². The van der Waals surface area contributed by atoms with E-state index in [-0.39, 0.29) is 12.6 Å². The summed E-state index contributed by atoms with van der Waals surface area (Å²) in [6.07, 6.45) is 4.44. The van der Waals surface area contributed by atoms with Gasteiger partial charge in [-0.2, -0.15) is 0 Å². The van der Waals surface area contributed by atoms with Crippen LogP contribution in [-0.4, -0.2) is 26.2 Å². The van der Waals surface area contributed by atoms with E-state index in [1.807, 2.05) is 0 Å². The maximum atomic E-state index is 12.4. The molecule has 2 bridgehead atoms. The van der Waals surface area contributed by atoms with Gasteiger partial charge in [-0.1, -0.05) is 0 Å². The summed E-state index contributed by atoms with van der Waals surface area (Å²) >= 11 is 1.27. The molecule has 1 aromatic rings. The minimum absolute atomic E-state index is 0.0591. The first-order valence-corrected chi connectivity index (χ1v) is 9.62. The molecule has 4 atom stereocenters. The molecule has 2 N–H and O–H groups in total. The van der Waals surface area contributed by atoms with Crippen LogP contribution in [0.1, 0.15) is 24.1 Å². The highest BCUT2D eigenvalue weighted by molar-refractivity contribution is 7.91. The third kappa shape index (κ3) is 1.96. The van der Waals surface area contributed by atoms with Crippen LogP contribution in [-0.2, 0) is 16.4 Å². The minimum Gasteiger partial charge on any atom is -0.396 e. The molecule has 3 aliphatic carbocycles. The second kappa shape index (κ2) is 4.53. The molecule has 110 valence electrons. The average molecular weight is 313 g/mol. The molecule has 0 aromatic carbocycles. The first kappa shape index (κ1) is 13.2. The molecule has 0 radical (unpaired) electrons. The van der Waals surface area contributed by atoms with E-state index in [2.05, 4.69) is 4.72 Å². The van der Waals surface area contributed by atoms with Gasteiger partial charge in [0.25, 0.3) is 0 Å². The van der Waals surface area contributed by atoms with E-state index in [1.54, 1.807) is 12.1 Å². The molecule has 3 aliphatic rings. The number of sulfonamides is 1. The van der Waals surface area contributed by atoms with Crippen LogP contribution < -0.4 is 4.72 Å². The zero-order valence-corrected chi connectivity index (χ0v) is 12.8. The lowest BCUT2D eigenvalue weighted by molar-refractivity contribution is 0.300. The van der Waals surface area contributed by atoms with Crippen molar-refractivity contribution in [3.8, 4) is 0 Å². The Balaban J connectivity index is 1.48. The monoisotopic (exact) mass is 313 g/mol. The SMILES string of the molecule is O=S(=O)(NC1C2C3CCC(C3)C12)c1ccc(CCO)s1. The molecule has 6 heteroatoms. The number of aliphatic hydroxyl groups excluding tert-OH is 1. The fraction of sp³-hybridized carbons (Fsp3) is 0.714. The van der Waals surface area contributed by atoms with Crippen LogP contribution >= 0.6 is 11.3 Å². The van der Waals surface area contributed by atoms with Crippen molar-refractivity contribution >= 4 is 21.4 Å². The van der Waals surface area contributed by atoms with Crippen LogP contribution in [0.15, 0.2) is 16.3 Å². The third-order valence-corrected chi connectivity index (χ3v) is 8.38. The van der Waals surface area contributed by atoms with Crippen LogP contribution in [0, 0.1) is 23.7 Å². The fourth-order valence-corrected chi connectivity index (χ4v) is 7.13. The Morgan fingerprint density at radius 2 is 1.95 bits per heavy atom. The number of hydrogen-bond acceptors (Lipinski definition) is 4. The largest absolute Gasteiger partial charge is 0.396 e. The van der Waals surface area contributed by atoms with Crippen molar-refractivity contribution in [3.05, 3.63) is 17.0 Å². The second-order valence-electron chi connectivity index (χ2n) is 6.33. The van der Waals surface area contributed by atoms with E-state index < -0.39 is 10.0 Å². The molecule has 0 spiro atoms. The van der Waals surface area contributed by atoms with Crippen LogP contribution in [0.25, 0.3) is 0 Å². The minimum atomic E-state index is -3.37. The Morgan fingerprint density at radius 3 is 2.60 bits per heavy atom. The van der Waals surface area contributed by atoms with Crippen LogP contribution in [0.2, 0.25) is 0 Å². The number of hydrogen-bond donors (Lipinski definition) is 2. The van der Waals surface area contributed by atoms with Crippen molar-refractivity contribution in [2.24, 2.45) is 23.7 Å². The summed E-state index contributed by atoms with van der Waals surface area (Å²) in [5.41, 5.74) is 0. The van der Waals surface area contributed by atoms with Gasteiger partial charge < -0.3 is 5.11 Å². The molecule has 0 aliphatic heterocycles. The van der Waals surface area contributed by atoms with Gasteiger partial charge in [0.2, 0.25) is 10.0 Å². The molecular weight excluding hydrogens is 294 g/mol. The molecule has 0 saturated heterocycles. The summed E-state index contributed by atoms with van der Waals surface area (Å²) in [5.74, 6) is 2.76. The molecule has 3 saturated carbocycles. The Hall–Kier alpha value is -0.430. The molecule has 4 rings (SSSR count). The molecule has 4 unspecified atom stereocenters. The van der Waals surface area contributed by atoms with Gasteiger partial charge in [0.05, 0.1) is 0 Å². The van der Waals surface area contributed by atoms with Crippen LogP contribution in [0.5, 0.6) is 0 Å². The lowest BCUT2D eigenvalue weighted by Gasteiger charge is -2.10. The number of fused-ring (bicyclic) bond motifs is 5. The van der Waals surface area contributed by atoms with Crippen molar-refractivity contribution in [2.45, 2.75) is 35.9 Å². The summed E-state index contributed by atoms with van der Waals surface area (Å²) in [7, 11) is -3.37. The number of thiophene rings is 1. The fourth-order valence-electron chi connectivity index (χ4n) is 4.47. The van der Waals surface area contributed by atoms with E-state index in [9.17, 15) is 8.42 Å². The number of rotatable bonds is 5. The van der Waals surface area contributed by atoms with E-state index >= 15 is 0 Å². The van der Waals surface area contributed by atoms with Crippen molar-refractivity contribution in [1.29, 1.82) is 0 Å². The smallest absolute Gasteiger partial charge is 0.250 e. The molecule has 3 fully saturated rings. The standard InChI is InChI=1S/C14H19NO3S2/c16-6-5-10-3-4-11(19-10)20(17,18)15-14-12-8-1-2-9(7-8)13(12)14/h3-4,8-9,12-16H,1-2,5-7H2. The number of aliphatic hydroxyl groups is 1. The van der Waals surface area contributed by atoms with Crippen LogP contribution in [0.4, 0.5) is 0 Å². The van der Waals surface area contributed by atoms with Gasteiger partial charge in [-0.25, -0.2) is 13.1 Å². The Kier molecular flexibility index (Phi) is 3.00. The molecule has 0 amide bonds. The summed E-state index contributed by atoms with van der Waals surface area (Å²) in [6.45, 7) is 0.0591. The topological polar surface area (TPSA) is 66.4 Å².